The van der Waals surface area contributed by atoms with Crippen molar-refractivity contribution in [2.75, 3.05) is 13.1 Å². The molecule has 2 unspecified atom stereocenters. The Morgan fingerprint density at radius 3 is 2.42 bits per heavy atom. The SMILES string of the molecule is c1ccc2c(c1)C(c1c[nH]c3ccccc13)CC2N1CCCCC1. The van der Waals surface area contributed by atoms with Crippen molar-refractivity contribution in [1.29, 1.82) is 0 Å². The molecule has 1 aromatic heterocycles. The maximum absolute atomic E-state index is 3.48. The van der Waals surface area contributed by atoms with E-state index in [1.165, 1.54) is 60.8 Å². The summed E-state index contributed by atoms with van der Waals surface area (Å²) in [5.74, 6) is 0.518. The van der Waals surface area contributed by atoms with Gasteiger partial charge in [0.1, 0.15) is 0 Å². The van der Waals surface area contributed by atoms with Gasteiger partial charge in [-0.25, -0.2) is 0 Å². The zero-order chi connectivity index (χ0) is 15.9. The maximum Gasteiger partial charge on any atom is 0.0457 e. The number of hydrogen-bond acceptors (Lipinski definition) is 1. The van der Waals surface area contributed by atoms with Crippen molar-refractivity contribution >= 4 is 10.9 Å². The van der Waals surface area contributed by atoms with E-state index < -0.39 is 0 Å². The fraction of sp³-hybridized carbons (Fsp3) is 0.364. The molecule has 5 rings (SSSR count). The van der Waals surface area contributed by atoms with E-state index >= 15 is 0 Å². The van der Waals surface area contributed by atoms with Crippen molar-refractivity contribution in [2.45, 2.75) is 37.6 Å². The van der Waals surface area contributed by atoms with Gasteiger partial charge in [-0.2, -0.15) is 0 Å². The summed E-state index contributed by atoms with van der Waals surface area (Å²) in [6, 6.07) is 18.5. The van der Waals surface area contributed by atoms with Crippen LogP contribution in [-0.4, -0.2) is 23.0 Å². The Bertz CT molecular complexity index is 857. The quantitative estimate of drug-likeness (QED) is 0.686. The Morgan fingerprint density at radius 2 is 1.54 bits per heavy atom. The fourth-order valence-electron chi connectivity index (χ4n) is 4.86. The molecule has 0 saturated carbocycles. The topological polar surface area (TPSA) is 19.0 Å². The average molecular weight is 316 g/mol. The van der Waals surface area contributed by atoms with Gasteiger partial charge in [0, 0.05) is 29.1 Å². The number of hydrogen-bond donors (Lipinski definition) is 1. The predicted molar refractivity (Wildman–Crippen MR) is 99.4 cm³/mol. The first-order valence-electron chi connectivity index (χ1n) is 9.31. The smallest absolute Gasteiger partial charge is 0.0457 e. The second-order valence-electron chi connectivity index (χ2n) is 7.32. The van der Waals surface area contributed by atoms with Crippen molar-refractivity contribution in [3.63, 3.8) is 0 Å². The predicted octanol–water partition coefficient (Wildman–Crippen LogP) is 5.23. The van der Waals surface area contributed by atoms with Crippen LogP contribution in [0.3, 0.4) is 0 Å². The van der Waals surface area contributed by atoms with Gasteiger partial charge in [0.25, 0.3) is 0 Å². The normalized spacial score (nSPS) is 24.3. The molecular formula is C22H24N2. The van der Waals surface area contributed by atoms with E-state index in [1.54, 1.807) is 5.56 Å². The van der Waals surface area contributed by atoms with Crippen LogP contribution in [0.4, 0.5) is 0 Å². The Morgan fingerprint density at radius 1 is 0.792 bits per heavy atom. The van der Waals surface area contributed by atoms with Gasteiger partial charge in [-0.1, -0.05) is 48.9 Å². The lowest BCUT2D eigenvalue weighted by molar-refractivity contribution is 0.161. The van der Waals surface area contributed by atoms with Gasteiger partial charge in [0.15, 0.2) is 0 Å². The van der Waals surface area contributed by atoms with Crippen LogP contribution in [-0.2, 0) is 0 Å². The lowest BCUT2D eigenvalue weighted by Crippen LogP contribution is -2.32. The molecule has 2 atom stereocenters. The standard InChI is InChI=1S/C22H24N2/c1-6-12-24(13-7-1)22-14-19(16-8-2-3-10-18(16)22)20-15-23-21-11-5-4-9-17(20)21/h2-5,8-11,15,19,22-23H,1,6-7,12-14H2. The van der Waals surface area contributed by atoms with E-state index in [4.69, 9.17) is 0 Å². The minimum absolute atomic E-state index is 0.518. The number of piperidine rings is 1. The monoisotopic (exact) mass is 316 g/mol. The van der Waals surface area contributed by atoms with Gasteiger partial charge >= 0.3 is 0 Å². The number of H-pyrrole nitrogens is 1. The molecule has 2 heteroatoms. The Kier molecular flexibility index (Phi) is 3.45. The Balaban J connectivity index is 1.58. The van der Waals surface area contributed by atoms with Crippen LogP contribution in [0.15, 0.2) is 54.7 Å². The molecule has 2 nitrogen and oxygen atoms in total. The van der Waals surface area contributed by atoms with E-state index in [0.29, 0.717) is 12.0 Å². The molecule has 1 N–H and O–H groups in total. The van der Waals surface area contributed by atoms with Crippen molar-refractivity contribution in [3.8, 4) is 0 Å². The van der Waals surface area contributed by atoms with E-state index in [-0.39, 0.29) is 0 Å². The van der Waals surface area contributed by atoms with Crippen LogP contribution in [0.1, 0.15) is 54.3 Å². The van der Waals surface area contributed by atoms with Gasteiger partial charge < -0.3 is 4.98 Å². The van der Waals surface area contributed by atoms with Crippen LogP contribution in [0.5, 0.6) is 0 Å². The molecule has 0 spiro atoms. The third-order valence-corrected chi connectivity index (χ3v) is 6.02. The van der Waals surface area contributed by atoms with Gasteiger partial charge in [-0.15, -0.1) is 0 Å². The summed E-state index contributed by atoms with van der Waals surface area (Å²) in [6.45, 7) is 2.53. The van der Waals surface area contributed by atoms with E-state index in [2.05, 4.69) is 64.6 Å². The molecular weight excluding hydrogens is 292 g/mol. The van der Waals surface area contributed by atoms with Crippen molar-refractivity contribution < 1.29 is 0 Å². The van der Waals surface area contributed by atoms with E-state index in [9.17, 15) is 0 Å². The number of para-hydroxylation sites is 1. The molecule has 2 heterocycles. The molecule has 2 aliphatic rings. The highest BCUT2D eigenvalue weighted by molar-refractivity contribution is 5.84. The third-order valence-electron chi connectivity index (χ3n) is 6.02. The fourth-order valence-corrected chi connectivity index (χ4v) is 4.86. The molecule has 122 valence electrons. The number of nitrogens with one attached hydrogen (secondary N) is 1. The van der Waals surface area contributed by atoms with Crippen LogP contribution in [0.2, 0.25) is 0 Å². The molecule has 2 aromatic carbocycles. The molecule has 0 bridgehead atoms. The van der Waals surface area contributed by atoms with E-state index in [1.807, 2.05) is 0 Å². The number of likely N-dealkylation sites (tertiary alicyclic amines) is 1. The summed E-state index contributed by atoms with van der Waals surface area (Å²) < 4.78 is 0. The Labute approximate surface area is 143 Å². The summed E-state index contributed by atoms with van der Waals surface area (Å²) in [6.07, 6.45) is 7.58. The van der Waals surface area contributed by atoms with E-state index in [0.717, 1.165) is 0 Å². The lowest BCUT2D eigenvalue weighted by Gasteiger charge is -2.33. The highest BCUT2D eigenvalue weighted by Crippen LogP contribution is 2.48. The summed E-state index contributed by atoms with van der Waals surface area (Å²) >= 11 is 0. The number of benzene rings is 2. The minimum atomic E-state index is 0.518. The Hall–Kier alpha value is -2.06. The number of aromatic nitrogens is 1. The molecule has 1 aliphatic heterocycles. The summed E-state index contributed by atoms with van der Waals surface area (Å²) in [7, 11) is 0. The molecule has 1 fully saturated rings. The summed E-state index contributed by atoms with van der Waals surface area (Å²) in [4.78, 5) is 6.21. The molecule has 1 aliphatic carbocycles. The first-order valence-corrected chi connectivity index (χ1v) is 9.31. The van der Waals surface area contributed by atoms with Crippen molar-refractivity contribution in [2.24, 2.45) is 0 Å². The largest absolute Gasteiger partial charge is 0.361 e. The van der Waals surface area contributed by atoms with Gasteiger partial charge in [0.05, 0.1) is 0 Å². The number of fused-ring (bicyclic) bond motifs is 2. The van der Waals surface area contributed by atoms with Crippen molar-refractivity contribution in [1.82, 2.24) is 9.88 Å². The summed E-state index contributed by atoms with van der Waals surface area (Å²) in [5.41, 5.74) is 5.83. The summed E-state index contributed by atoms with van der Waals surface area (Å²) in [5, 5.41) is 1.39. The third kappa shape index (κ3) is 2.21. The zero-order valence-electron chi connectivity index (χ0n) is 14.0. The van der Waals surface area contributed by atoms with Gasteiger partial charge in [0.2, 0.25) is 0 Å². The van der Waals surface area contributed by atoms with Crippen LogP contribution in [0.25, 0.3) is 10.9 Å². The van der Waals surface area contributed by atoms with Crippen LogP contribution in [0, 0.1) is 0 Å². The second-order valence-corrected chi connectivity index (χ2v) is 7.32. The molecule has 0 radical (unpaired) electrons. The number of aromatic amines is 1. The first-order chi connectivity index (χ1) is 11.9. The lowest BCUT2D eigenvalue weighted by atomic mass is 9.92. The molecule has 0 amide bonds. The highest BCUT2D eigenvalue weighted by atomic mass is 15.2. The molecule has 3 aromatic rings. The highest BCUT2D eigenvalue weighted by Gasteiger charge is 2.36. The number of nitrogens with zero attached hydrogens (tertiary/aromatic N) is 1. The van der Waals surface area contributed by atoms with Crippen LogP contribution >= 0.6 is 0 Å². The van der Waals surface area contributed by atoms with Crippen molar-refractivity contribution in [3.05, 3.63) is 71.4 Å². The molecule has 24 heavy (non-hydrogen) atoms. The average Bonchev–Trinajstić information content (AvgIpc) is 3.24. The van der Waals surface area contributed by atoms with Gasteiger partial charge in [-0.3, -0.25) is 4.90 Å². The number of rotatable bonds is 2. The first kappa shape index (κ1) is 14.3. The minimum Gasteiger partial charge on any atom is -0.361 e. The zero-order valence-corrected chi connectivity index (χ0v) is 14.0. The second kappa shape index (κ2) is 5.78. The van der Waals surface area contributed by atoms with Gasteiger partial charge in [-0.05, 0) is 55.1 Å². The molecule has 1 saturated heterocycles. The van der Waals surface area contributed by atoms with Crippen LogP contribution < -0.4 is 0 Å². The maximum atomic E-state index is 3.48.